The number of carbonyl (C=O) groups is 1. The first-order chi connectivity index (χ1) is 6.36. The Morgan fingerprint density at radius 3 is 2.36 bits per heavy atom. The molecule has 2 unspecified atom stereocenters. The number of aliphatic carboxylic acids is 1. The van der Waals surface area contributed by atoms with Crippen LogP contribution in [0.15, 0.2) is 0 Å². The third kappa shape index (κ3) is 2.27. The van der Waals surface area contributed by atoms with Gasteiger partial charge in [0.25, 0.3) is 0 Å². The minimum absolute atomic E-state index is 0.220. The van der Waals surface area contributed by atoms with Crippen molar-refractivity contribution in [3.05, 3.63) is 0 Å². The van der Waals surface area contributed by atoms with Gasteiger partial charge in [0, 0.05) is 6.54 Å². The lowest BCUT2D eigenvalue weighted by Crippen LogP contribution is -2.35. The van der Waals surface area contributed by atoms with Crippen LogP contribution in [0, 0.1) is 11.3 Å². The van der Waals surface area contributed by atoms with Crippen LogP contribution in [0.3, 0.4) is 0 Å². The van der Waals surface area contributed by atoms with Crippen LogP contribution in [0.4, 0.5) is 0 Å². The quantitative estimate of drug-likeness (QED) is 0.737. The molecule has 1 N–H and O–H groups in total. The summed E-state index contributed by atoms with van der Waals surface area (Å²) in [7, 11) is 0. The Bertz CT molecular complexity index is 220. The zero-order chi connectivity index (χ0) is 10.9. The maximum Gasteiger partial charge on any atom is 0.320 e. The molecule has 1 fully saturated rings. The first-order valence-corrected chi connectivity index (χ1v) is 5.33. The largest absolute Gasteiger partial charge is 0.480 e. The molecule has 3 nitrogen and oxygen atoms in total. The molecule has 2 atom stereocenters. The van der Waals surface area contributed by atoms with Crippen LogP contribution in [-0.4, -0.2) is 35.1 Å². The standard InChI is InChI=1S/C11H21NO2/c1-5-12-7-8(11(2,3)4)6-9(12)10(13)14/h8-9H,5-7H2,1-4H3,(H,13,14). The fourth-order valence-electron chi connectivity index (χ4n) is 2.14. The number of hydrogen-bond acceptors (Lipinski definition) is 2. The van der Waals surface area contributed by atoms with Gasteiger partial charge in [-0.3, -0.25) is 9.69 Å². The summed E-state index contributed by atoms with van der Waals surface area (Å²) in [6, 6.07) is -0.260. The second-order valence-corrected chi connectivity index (χ2v) is 5.24. The number of hydrogen-bond donors (Lipinski definition) is 1. The molecule has 1 aliphatic rings. The van der Waals surface area contributed by atoms with Gasteiger partial charge in [0.1, 0.15) is 6.04 Å². The van der Waals surface area contributed by atoms with Crippen molar-refractivity contribution in [2.45, 2.75) is 40.2 Å². The minimum Gasteiger partial charge on any atom is -0.480 e. The Kier molecular flexibility index (Phi) is 3.20. The molecule has 1 heterocycles. The molecule has 0 aromatic carbocycles. The molecule has 1 rings (SSSR count). The van der Waals surface area contributed by atoms with Gasteiger partial charge < -0.3 is 5.11 Å². The van der Waals surface area contributed by atoms with E-state index in [1.54, 1.807) is 0 Å². The fraction of sp³-hybridized carbons (Fsp3) is 0.909. The number of carboxylic acid groups (broad SMARTS) is 1. The van der Waals surface area contributed by atoms with Crippen molar-refractivity contribution in [3.63, 3.8) is 0 Å². The van der Waals surface area contributed by atoms with Crippen LogP contribution in [0.5, 0.6) is 0 Å². The molecule has 1 aliphatic heterocycles. The van der Waals surface area contributed by atoms with Gasteiger partial charge in [-0.05, 0) is 24.3 Å². The molecule has 14 heavy (non-hydrogen) atoms. The Labute approximate surface area is 86.1 Å². The molecule has 0 aliphatic carbocycles. The maximum absolute atomic E-state index is 11.0. The van der Waals surface area contributed by atoms with E-state index in [2.05, 4.69) is 25.7 Å². The van der Waals surface area contributed by atoms with Gasteiger partial charge in [-0.1, -0.05) is 27.7 Å². The topological polar surface area (TPSA) is 40.5 Å². The molecule has 3 heteroatoms. The van der Waals surface area contributed by atoms with E-state index in [1.807, 2.05) is 6.92 Å². The van der Waals surface area contributed by atoms with E-state index in [-0.39, 0.29) is 11.5 Å². The second kappa shape index (κ2) is 3.89. The van der Waals surface area contributed by atoms with Gasteiger partial charge in [-0.2, -0.15) is 0 Å². The van der Waals surface area contributed by atoms with E-state index in [4.69, 9.17) is 5.11 Å². The van der Waals surface area contributed by atoms with E-state index < -0.39 is 5.97 Å². The number of likely N-dealkylation sites (N-methyl/N-ethyl adjacent to an activating group) is 1. The average molecular weight is 199 g/mol. The first-order valence-electron chi connectivity index (χ1n) is 5.33. The second-order valence-electron chi connectivity index (χ2n) is 5.24. The third-order valence-corrected chi connectivity index (χ3v) is 3.32. The predicted octanol–water partition coefficient (Wildman–Crippen LogP) is 1.83. The normalized spacial score (nSPS) is 29.4. The Balaban J connectivity index is 2.70. The summed E-state index contributed by atoms with van der Waals surface area (Å²) in [5.41, 5.74) is 0.220. The monoisotopic (exact) mass is 199 g/mol. The number of carboxylic acids is 1. The maximum atomic E-state index is 11.0. The first kappa shape index (κ1) is 11.5. The lowest BCUT2D eigenvalue weighted by molar-refractivity contribution is -0.142. The highest BCUT2D eigenvalue weighted by molar-refractivity contribution is 5.73. The molecular weight excluding hydrogens is 178 g/mol. The van der Waals surface area contributed by atoms with Gasteiger partial charge in [-0.25, -0.2) is 0 Å². The molecular formula is C11H21NO2. The Morgan fingerprint density at radius 2 is 2.07 bits per heavy atom. The van der Waals surface area contributed by atoms with Crippen molar-refractivity contribution < 1.29 is 9.90 Å². The summed E-state index contributed by atoms with van der Waals surface area (Å²) >= 11 is 0. The van der Waals surface area contributed by atoms with Crippen molar-refractivity contribution in [3.8, 4) is 0 Å². The summed E-state index contributed by atoms with van der Waals surface area (Å²) in [6.07, 6.45) is 0.798. The van der Waals surface area contributed by atoms with Crippen LogP contribution in [0.25, 0.3) is 0 Å². The third-order valence-electron chi connectivity index (χ3n) is 3.32. The molecule has 0 spiro atoms. The number of rotatable bonds is 2. The highest BCUT2D eigenvalue weighted by Gasteiger charge is 2.40. The van der Waals surface area contributed by atoms with Crippen molar-refractivity contribution in [2.24, 2.45) is 11.3 Å². The highest BCUT2D eigenvalue weighted by Crippen LogP contribution is 2.36. The van der Waals surface area contributed by atoms with Crippen molar-refractivity contribution in [1.29, 1.82) is 0 Å². The fourth-order valence-corrected chi connectivity index (χ4v) is 2.14. The van der Waals surface area contributed by atoms with E-state index in [9.17, 15) is 4.79 Å². The Hall–Kier alpha value is -0.570. The summed E-state index contributed by atoms with van der Waals surface area (Å²) in [6.45, 7) is 10.4. The van der Waals surface area contributed by atoms with Gasteiger partial charge in [-0.15, -0.1) is 0 Å². The predicted molar refractivity (Wildman–Crippen MR) is 56.2 cm³/mol. The van der Waals surface area contributed by atoms with E-state index in [0.29, 0.717) is 5.92 Å². The Morgan fingerprint density at radius 1 is 1.50 bits per heavy atom. The molecule has 82 valence electrons. The van der Waals surface area contributed by atoms with Gasteiger partial charge >= 0.3 is 5.97 Å². The lowest BCUT2D eigenvalue weighted by Gasteiger charge is -2.26. The molecule has 0 amide bonds. The summed E-state index contributed by atoms with van der Waals surface area (Å²) in [5, 5.41) is 9.06. The minimum atomic E-state index is -0.668. The molecule has 0 aromatic rings. The smallest absolute Gasteiger partial charge is 0.320 e. The van der Waals surface area contributed by atoms with Crippen LogP contribution in [-0.2, 0) is 4.79 Å². The summed E-state index contributed by atoms with van der Waals surface area (Å²) in [4.78, 5) is 13.1. The van der Waals surface area contributed by atoms with Crippen LogP contribution in [0.2, 0.25) is 0 Å². The van der Waals surface area contributed by atoms with E-state index in [1.165, 1.54) is 0 Å². The van der Waals surface area contributed by atoms with Gasteiger partial charge in [0.2, 0.25) is 0 Å². The number of nitrogens with zero attached hydrogens (tertiary/aromatic N) is 1. The van der Waals surface area contributed by atoms with E-state index >= 15 is 0 Å². The van der Waals surface area contributed by atoms with Crippen LogP contribution >= 0.6 is 0 Å². The molecule has 0 radical (unpaired) electrons. The van der Waals surface area contributed by atoms with E-state index in [0.717, 1.165) is 19.5 Å². The van der Waals surface area contributed by atoms with Crippen LogP contribution < -0.4 is 0 Å². The lowest BCUT2D eigenvalue weighted by atomic mass is 9.79. The zero-order valence-electron chi connectivity index (χ0n) is 9.58. The van der Waals surface area contributed by atoms with Crippen molar-refractivity contribution >= 4 is 5.97 Å². The molecule has 0 saturated carbocycles. The molecule has 0 bridgehead atoms. The average Bonchev–Trinajstić information content (AvgIpc) is 2.45. The van der Waals surface area contributed by atoms with Gasteiger partial charge in [0.15, 0.2) is 0 Å². The molecule has 0 aromatic heterocycles. The number of likely N-dealkylation sites (tertiary alicyclic amines) is 1. The molecule has 1 saturated heterocycles. The van der Waals surface area contributed by atoms with Crippen molar-refractivity contribution in [1.82, 2.24) is 4.90 Å². The van der Waals surface area contributed by atoms with Crippen LogP contribution in [0.1, 0.15) is 34.1 Å². The highest BCUT2D eigenvalue weighted by atomic mass is 16.4. The van der Waals surface area contributed by atoms with Crippen molar-refractivity contribution in [2.75, 3.05) is 13.1 Å². The zero-order valence-corrected chi connectivity index (χ0v) is 9.58. The SMILES string of the molecule is CCN1CC(C(C)(C)C)CC1C(=O)O. The summed E-state index contributed by atoms with van der Waals surface area (Å²) < 4.78 is 0. The van der Waals surface area contributed by atoms with Gasteiger partial charge in [0.05, 0.1) is 0 Å². The summed E-state index contributed by atoms with van der Waals surface area (Å²) in [5.74, 6) is -0.165.